The molecule has 0 fully saturated rings. The van der Waals surface area contributed by atoms with E-state index in [0.29, 0.717) is 15.6 Å². The normalized spacial score (nSPS) is 11.0. The van der Waals surface area contributed by atoms with Crippen molar-refractivity contribution in [2.24, 2.45) is 0 Å². The molecule has 4 rings (SSSR count). The molecule has 0 spiro atoms. The van der Waals surface area contributed by atoms with Crippen LogP contribution in [0.5, 0.6) is 0 Å². The summed E-state index contributed by atoms with van der Waals surface area (Å²) < 4.78 is 1.88. The summed E-state index contributed by atoms with van der Waals surface area (Å²) in [5.41, 5.74) is 2.47. The van der Waals surface area contributed by atoms with Gasteiger partial charge in [0, 0.05) is 5.39 Å². The van der Waals surface area contributed by atoms with Crippen LogP contribution in [0.3, 0.4) is 0 Å². The standard InChI is InChI=1S/C19H14ClN3OS/c1-12-14-11-17(18(24)21-16-10-6-5-9-15(16)20)25-19(14)23(22-12)13-7-3-2-4-8-13/h2-11H,1H3,(H,21,24). The maximum Gasteiger partial charge on any atom is 0.265 e. The minimum atomic E-state index is -0.173. The van der Waals surface area contributed by atoms with Gasteiger partial charge in [0.05, 0.1) is 27.0 Å². The Morgan fingerprint density at radius 1 is 1.12 bits per heavy atom. The Hall–Kier alpha value is -2.63. The highest BCUT2D eigenvalue weighted by atomic mass is 35.5. The topological polar surface area (TPSA) is 46.9 Å². The maximum absolute atomic E-state index is 12.6. The Labute approximate surface area is 153 Å². The third-order valence-electron chi connectivity index (χ3n) is 3.89. The van der Waals surface area contributed by atoms with Crippen LogP contribution in [0.1, 0.15) is 15.4 Å². The third kappa shape index (κ3) is 2.92. The van der Waals surface area contributed by atoms with Crippen LogP contribution in [0.4, 0.5) is 5.69 Å². The smallest absolute Gasteiger partial charge is 0.265 e. The average molecular weight is 368 g/mol. The minimum Gasteiger partial charge on any atom is -0.320 e. The molecule has 4 nitrogen and oxygen atoms in total. The van der Waals surface area contributed by atoms with Gasteiger partial charge in [-0.1, -0.05) is 41.9 Å². The zero-order valence-corrected chi connectivity index (χ0v) is 14.9. The number of benzene rings is 2. The summed E-state index contributed by atoms with van der Waals surface area (Å²) in [5, 5.41) is 8.96. The summed E-state index contributed by atoms with van der Waals surface area (Å²) in [5.74, 6) is -0.173. The van der Waals surface area contributed by atoms with E-state index in [2.05, 4.69) is 10.4 Å². The molecule has 124 valence electrons. The first kappa shape index (κ1) is 15.9. The van der Waals surface area contributed by atoms with E-state index in [4.69, 9.17) is 11.6 Å². The Balaban J connectivity index is 1.72. The van der Waals surface area contributed by atoms with Crippen LogP contribution >= 0.6 is 22.9 Å². The van der Waals surface area contributed by atoms with Crippen molar-refractivity contribution in [2.75, 3.05) is 5.32 Å². The van der Waals surface area contributed by atoms with E-state index in [-0.39, 0.29) is 5.91 Å². The Morgan fingerprint density at radius 2 is 1.84 bits per heavy atom. The summed E-state index contributed by atoms with van der Waals surface area (Å²) in [6.45, 7) is 1.95. The van der Waals surface area contributed by atoms with Crippen LogP contribution in [0.25, 0.3) is 15.9 Å². The lowest BCUT2D eigenvalue weighted by Crippen LogP contribution is -2.10. The van der Waals surface area contributed by atoms with Gasteiger partial charge in [0.25, 0.3) is 5.91 Å². The number of aromatic nitrogens is 2. The number of rotatable bonds is 3. The van der Waals surface area contributed by atoms with Crippen molar-refractivity contribution < 1.29 is 4.79 Å². The number of hydrogen-bond acceptors (Lipinski definition) is 3. The van der Waals surface area contributed by atoms with Gasteiger partial charge in [0.15, 0.2) is 0 Å². The zero-order valence-electron chi connectivity index (χ0n) is 13.4. The van der Waals surface area contributed by atoms with Gasteiger partial charge in [-0.05, 0) is 37.3 Å². The second-order valence-electron chi connectivity index (χ2n) is 5.60. The summed E-state index contributed by atoms with van der Waals surface area (Å²) in [4.78, 5) is 14.2. The molecular formula is C19H14ClN3OS. The lowest BCUT2D eigenvalue weighted by atomic mass is 10.3. The monoisotopic (exact) mass is 367 g/mol. The fraction of sp³-hybridized carbons (Fsp3) is 0.0526. The summed E-state index contributed by atoms with van der Waals surface area (Å²) in [6.07, 6.45) is 0. The highest BCUT2D eigenvalue weighted by Gasteiger charge is 2.17. The molecule has 2 aromatic carbocycles. The average Bonchev–Trinajstić information content (AvgIpc) is 3.19. The van der Waals surface area contributed by atoms with E-state index in [1.165, 1.54) is 11.3 Å². The van der Waals surface area contributed by atoms with Crippen molar-refractivity contribution in [3.05, 3.63) is 76.3 Å². The van der Waals surface area contributed by atoms with Crippen LogP contribution in [-0.2, 0) is 0 Å². The number of para-hydroxylation sites is 2. The Morgan fingerprint density at radius 3 is 2.60 bits per heavy atom. The zero-order chi connectivity index (χ0) is 17.4. The molecule has 1 amide bonds. The molecule has 0 bridgehead atoms. The van der Waals surface area contributed by atoms with Gasteiger partial charge in [-0.25, -0.2) is 4.68 Å². The van der Waals surface area contributed by atoms with Gasteiger partial charge in [-0.2, -0.15) is 5.10 Å². The van der Waals surface area contributed by atoms with E-state index in [1.54, 1.807) is 12.1 Å². The molecule has 0 radical (unpaired) electrons. The van der Waals surface area contributed by atoms with Crippen molar-refractivity contribution in [3.8, 4) is 5.69 Å². The number of anilines is 1. The van der Waals surface area contributed by atoms with Crippen LogP contribution < -0.4 is 5.32 Å². The van der Waals surface area contributed by atoms with E-state index >= 15 is 0 Å². The molecule has 0 atom stereocenters. The largest absolute Gasteiger partial charge is 0.320 e. The number of halogens is 1. The van der Waals surface area contributed by atoms with E-state index in [9.17, 15) is 4.79 Å². The minimum absolute atomic E-state index is 0.173. The number of nitrogens with one attached hydrogen (secondary N) is 1. The van der Waals surface area contributed by atoms with E-state index in [0.717, 1.165) is 21.6 Å². The molecule has 6 heteroatoms. The lowest BCUT2D eigenvalue weighted by molar-refractivity contribution is 0.103. The van der Waals surface area contributed by atoms with Crippen LogP contribution in [0.2, 0.25) is 5.02 Å². The van der Waals surface area contributed by atoms with Gasteiger partial charge in [0.2, 0.25) is 0 Å². The van der Waals surface area contributed by atoms with Crippen molar-refractivity contribution in [3.63, 3.8) is 0 Å². The Kier molecular flexibility index (Phi) is 4.03. The molecule has 0 aliphatic carbocycles. The number of thiophene rings is 1. The number of carbonyl (C=O) groups excluding carboxylic acids is 1. The number of fused-ring (bicyclic) bond motifs is 1. The highest BCUT2D eigenvalue weighted by Crippen LogP contribution is 2.31. The van der Waals surface area contributed by atoms with Gasteiger partial charge in [-0.3, -0.25) is 4.79 Å². The van der Waals surface area contributed by atoms with Gasteiger partial charge in [-0.15, -0.1) is 11.3 Å². The van der Waals surface area contributed by atoms with E-state index in [1.807, 2.05) is 60.1 Å². The van der Waals surface area contributed by atoms with Crippen molar-refractivity contribution >= 4 is 44.7 Å². The maximum atomic E-state index is 12.6. The SMILES string of the molecule is Cc1nn(-c2ccccc2)c2sc(C(=O)Nc3ccccc3Cl)cc12. The number of carbonyl (C=O) groups is 1. The fourth-order valence-corrected chi connectivity index (χ4v) is 3.91. The second-order valence-corrected chi connectivity index (χ2v) is 7.03. The first-order valence-electron chi connectivity index (χ1n) is 7.74. The number of amides is 1. The molecule has 25 heavy (non-hydrogen) atoms. The predicted molar refractivity (Wildman–Crippen MR) is 103 cm³/mol. The second kappa shape index (κ2) is 6.35. The first-order valence-corrected chi connectivity index (χ1v) is 8.93. The molecule has 0 aliphatic heterocycles. The van der Waals surface area contributed by atoms with Crippen molar-refractivity contribution in [1.29, 1.82) is 0 Å². The van der Waals surface area contributed by atoms with Crippen LogP contribution in [0, 0.1) is 6.92 Å². The molecule has 0 saturated carbocycles. The van der Waals surface area contributed by atoms with Gasteiger partial charge >= 0.3 is 0 Å². The third-order valence-corrected chi connectivity index (χ3v) is 5.33. The summed E-state index contributed by atoms with van der Waals surface area (Å²) in [6, 6.07) is 19.0. The molecule has 4 aromatic rings. The molecule has 2 aromatic heterocycles. The molecular weight excluding hydrogens is 354 g/mol. The molecule has 2 heterocycles. The van der Waals surface area contributed by atoms with Gasteiger partial charge in [0.1, 0.15) is 4.83 Å². The number of aryl methyl sites for hydroxylation is 1. The fourth-order valence-electron chi connectivity index (χ4n) is 2.65. The predicted octanol–water partition coefficient (Wildman–Crippen LogP) is 5.30. The van der Waals surface area contributed by atoms with Crippen molar-refractivity contribution in [2.45, 2.75) is 6.92 Å². The van der Waals surface area contributed by atoms with Crippen LogP contribution in [0.15, 0.2) is 60.7 Å². The van der Waals surface area contributed by atoms with Crippen LogP contribution in [-0.4, -0.2) is 15.7 Å². The number of nitrogens with zero attached hydrogens (tertiary/aromatic N) is 2. The molecule has 0 saturated heterocycles. The molecule has 1 N–H and O–H groups in total. The lowest BCUT2D eigenvalue weighted by Gasteiger charge is -2.05. The first-order chi connectivity index (χ1) is 12.1. The molecule has 0 aliphatic rings. The quantitative estimate of drug-likeness (QED) is 0.534. The van der Waals surface area contributed by atoms with Crippen molar-refractivity contribution in [1.82, 2.24) is 9.78 Å². The van der Waals surface area contributed by atoms with E-state index < -0.39 is 0 Å². The number of hydrogen-bond donors (Lipinski definition) is 1. The summed E-state index contributed by atoms with van der Waals surface area (Å²) in [7, 11) is 0. The molecule has 0 unspecified atom stereocenters. The highest BCUT2D eigenvalue weighted by molar-refractivity contribution is 7.20. The van der Waals surface area contributed by atoms with Gasteiger partial charge < -0.3 is 5.32 Å². The Bertz CT molecular complexity index is 1070. The summed E-state index contributed by atoms with van der Waals surface area (Å²) >= 11 is 7.54.